The molecule has 0 spiro atoms. The molecule has 2 aromatic rings. The number of piperazine rings is 1. The summed E-state index contributed by atoms with van der Waals surface area (Å²) >= 11 is 5.93. The van der Waals surface area contributed by atoms with Crippen LogP contribution in [0, 0.1) is 11.3 Å². The molecule has 6 heteroatoms. The van der Waals surface area contributed by atoms with Crippen molar-refractivity contribution in [3.63, 3.8) is 0 Å². The lowest BCUT2D eigenvalue weighted by molar-refractivity contribution is -1.02. The highest BCUT2D eigenvalue weighted by Gasteiger charge is 2.25. The molecule has 1 aliphatic rings. The van der Waals surface area contributed by atoms with E-state index in [4.69, 9.17) is 16.9 Å². The maximum Gasteiger partial charge on any atom is 0.279 e. The number of carbonyl (C=O) groups excluding carboxylic acids is 1. The molecular formula is C20H23ClN4O+2. The summed E-state index contributed by atoms with van der Waals surface area (Å²) in [7, 11) is 0. The third kappa shape index (κ3) is 5.06. The van der Waals surface area contributed by atoms with E-state index in [1.165, 1.54) is 15.4 Å². The number of benzene rings is 2. The Bertz CT molecular complexity index is 792. The van der Waals surface area contributed by atoms with Crippen molar-refractivity contribution in [1.29, 1.82) is 5.26 Å². The summed E-state index contributed by atoms with van der Waals surface area (Å²) in [4.78, 5) is 15.1. The molecule has 0 aliphatic carbocycles. The minimum atomic E-state index is -0.0381. The van der Waals surface area contributed by atoms with Crippen molar-refractivity contribution in [2.45, 2.75) is 6.54 Å². The summed E-state index contributed by atoms with van der Waals surface area (Å²) in [6, 6.07) is 17.2. The third-order valence-corrected chi connectivity index (χ3v) is 5.02. The van der Waals surface area contributed by atoms with Gasteiger partial charge in [0.2, 0.25) is 0 Å². The molecule has 0 bridgehead atoms. The third-order valence-electron chi connectivity index (χ3n) is 4.76. The first-order chi connectivity index (χ1) is 12.6. The Morgan fingerprint density at radius 2 is 1.69 bits per heavy atom. The van der Waals surface area contributed by atoms with Crippen LogP contribution < -0.4 is 15.1 Å². The highest BCUT2D eigenvalue weighted by Crippen LogP contribution is 2.12. The predicted molar refractivity (Wildman–Crippen MR) is 101 cm³/mol. The molecule has 5 nitrogen and oxygen atoms in total. The highest BCUT2D eigenvalue weighted by atomic mass is 35.5. The molecule has 0 unspecified atom stereocenters. The standard InChI is InChI=1S/C20H21ClN4O/c21-18-7-5-16(6-8-18)14-24-9-11-25(12-10-24)15-20(26)23-19-4-2-1-3-17(19)13-22/h1-8H,9-12,14-15H2,(H,23,26)/p+2. The van der Waals surface area contributed by atoms with Crippen molar-refractivity contribution < 1.29 is 14.6 Å². The van der Waals surface area contributed by atoms with Crippen molar-refractivity contribution >= 4 is 23.2 Å². The Hall–Kier alpha value is -2.39. The summed E-state index contributed by atoms with van der Waals surface area (Å²) in [5.41, 5.74) is 2.37. The predicted octanol–water partition coefficient (Wildman–Crippen LogP) is 0.134. The van der Waals surface area contributed by atoms with Gasteiger partial charge in [-0.25, -0.2) is 0 Å². The van der Waals surface area contributed by atoms with Crippen LogP contribution in [-0.2, 0) is 11.3 Å². The molecule has 0 saturated carbocycles. The van der Waals surface area contributed by atoms with Crippen LogP contribution in [0.15, 0.2) is 48.5 Å². The van der Waals surface area contributed by atoms with E-state index in [1.807, 2.05) is 18.2 Å². The Labute approximate surface area is 158 Å². The maximum atomic E-state index is 12.3. The van der Waals surface area contributed by atoms with Crippen LogP contribution in [0.3, 0.4) is 0 Å². The first-order valence-corrected chi connectivity index (χ1v) is 9.22. The molecule has 0 atom stereocenters. The lowest BCUT2D eigenvalue weighted by Gasteiger charge is -2.29. The van der Waals surface area contributed by atoms with Gasteiger partial charge in [0.05, 0.1) is 11.3 Å². The first kappa shape index (κ1) is 18.4. The van der Waals surface area contributed by atoms with E-state index in [9.17, 15) is 4.79 Å². The maximum absolute atomic E-state index is 12.3. The Morgan fingerprint density at radius 1 is 1.04 bits per heavy atom. The number of para-hydroxylation sites is 1. The van der Waals surface area contributed by atoms with E-state index in [0.717, 1.165) is 37.7 Å². The average Bonchev–Trinajstić information content (AvgIpc) is 2.65. The number of nitrogens with one attached hydrogen (secondary N) is 3. The number of hydrogen-bond donors (Lipinski definition) is 3. The van der Waals surface area contributed by atoms with Gasteiger partial charge in [0, 0.05) is 10.6 Å². The first-order valence-electron chi connectivity index (χ1n) is 8.84. The number of amides is 1. The van der Waals surface area contributed by atoms with Crippen molar-refractivity contribution in [2.75, 3.05) is 38.0 Å². The Morgan fingerprint density at radius 3 is 2.38 bits per heavy atom. The molecule has 134 valence electrons. The molecule has 26 heavy (non-hydrogen) atoms. The lowest BCUT2D eigenvalue weighted by Crippen LogP contribution is -3.28. The molecule has 1 amide bonds. The van der Waals surface area contributed by atoms with Crippen LogP contribution in [-0.4, -0.2) is 38.6 Å². The van der Waals surface area contributed by atoms with E-state index in [2.05, 4.69) is 23.5 Å². The zero-order chi connectivity index (χ0) is 18.4. The highest BCUT2D eigenvalue weighted by molar-refractivity contribution is 6.30. The van der Waals surface area contributed by atoms with E-state index in [-0.39, 0.29) is 5.91 Å². The molecule has 0 radical (unpaired) electrons. The van der Waals surface area contributed by atoms with Crippen molar-refractivity contribution in [3.8, 4) is 6.07 Å². The van der Waals surface area contributed by atoms with Crippen LogP contribution in [0.5, 0.6) is 0 Å². The van der Waals surface area contributed by atoms with Crippen molar-refractivity contribution in [2.24, 2.45) is 0 Å². The number of quaternary nitrogens is 2. The van der Waals surface area contributed by atoms with Crippen molar-refractivity contribution in [1.82, 2.24) is 0 Å². The number of hydrogen-bond acceptors (Lipinski definition) is 2. The molecule has 1 heterocycles. The fourth-order valence-corrected chi connectivity index (χ4v) is 3.44. The Balaban J connectivity index is 1.45. The summed E-state index contributed by atoms with van der Waals surface area (Å²) in [5.74, 6) is -0.0381. The zero-order valence-electron chi connectivity index (χ0n) is 14.6. The molecule has 2 aromatic carbocycles. The van der Waals surface area contributed by atoms with E-state index >= 15 is 0 Å². The minimum Gasteiger partial charge on any atom is -0.322 e. The molecular weight excluding hydrogens is 348 g/mol. The quantitative estimate of drug-likeness (QED) is 0.701. The second-order valence-corrected chi connectivity index (χ2v) is 7.12. The molecule has 0 aromatic heterocycles. The molecule has 1 fully saturated rings. The average molecular weight is 371 g/mol. The SMILES string of the molecule is N#Cc1ccccc1NC(=O)C[NH+]1CC[NH+](Cc2ccc(Cl)cc2)CC1. The van der Waals surface area contributed by atoms with Gasteiger partial charge >= 0.3 is 0 Å². The number of rotatable bonds is 5. The van der Waals surface area contributed by atoms with Crippen LogP contribution in [0.1, 0.15) is 11.1 Å². The summed E-state index contributed by atoms with van der Waals surface area (Å²) in [5, 5.41) is 12.7. The molecule has 3 rings (SSSR count). The number of nitrogens with zero attached hydrogens (tertiary/aromatic N) is 1. The van der Waals surface area contributed by atoms with Gasteiger partial charge in [0.25, 0.3) is 5.91 Å². The normalized spacial score (nSPS) is 19.5. The number of halogens is 1. The minimum absolute atomic E-state index is 0.0381. The molecule has 1 aliphatic heterocycles. The fourth-order valence-electron chi connectivity index (χ4n) is 3.31. The lowest BCUT2D eigenvalue weighted by atomic mass is 10.2. The monoisotopic (exact) mass is 370 g/mol. The van der Waals surface area contributed by atoms with Gasteiger partial charge in [-0.05, 0) is 24.3 Å². The van der Waals surface area contributed by atoms with Crippen LogP contribution in [0.4, 0.5) is 5.69 Å². The number of nitriles is 1. The number of anilines is 1. The summed E-state index contributed by atoms with van der Waals surface area (Å²) < 4.78 is 0. The van der Waals surface area contributed by atoms with Crippen LogP contribution >= 0.6 is 11.6 Å². The van der Waals surface area contributed by atoms with Gasteiger partial charge < -0.3 is 15.1 Å². The fraction of sp³-hybridized carbons (Fsp3) is 0.300. The topological polar surface area (TPSA) is 61.8 Å². The smallest absolute Gasteiger partial charge is 0.279 e. The zero-order valence-corrected chi connectivity index (χ0v) is 15.4. The second kappa shape index (κ2) is 8.81. The van der Waals surface area contributed by atoms with Gasteiger partial charge in [0.1, 0.15) is 38.8 Å². The van der Waals surface area contributed by atoms with Gasteiger partial charge in [-0.15, -0.1) is 0 Å². The van der Waals surface area contributed by atoms with Gasteiger partial charge in [-0.3, -0.25) is 4.79 Å². The summed E-state index contributed by atoms with van der Waals surface area (Å²) in [6.07, 6.45) is 0. The molecule has 3 N–H and O–H groups in total. The summed E-state index contributed by atoms with van der Waals surface area (Å²) in [6.45, 7) is 5.45. The Kier molecular flexibility index (Phi) is 6.24. The van der Waals surface area contributed by atoms with Crippen LogP contribution in [0.25, 0.3) is 0 Å². The second-order valence-electron chi connectivity index (χ2n) is 6.69. The number of carbonyl (C=O) groups is 1. The van der Waals surface area contributed by atoms with Gasteiger partial charge in [-0.2, -0.15) is 5.26 Å². The molecule has 1 saturated heterocycles. The van der Waals surface area contributed by atoms with E-state index in [0.29, 0.717) is 17.8 Å². The van der Waals surface area contributed by atoms with Gasteiger partial charge in [0.15, 0.2) is 6.54 Å². The van der Waals surface area contributed by atoms with E-state index in [1.54, 1.807) is 18.2 Å². The largest absolute Gasteiger partial charge is 0.322 e. The van der Waals surface area contributed by atoms with Crippen molar-refractivity contribution in [3.05, 3.63) is 64.7 Å². The van der Waals surface area contributed by atoms with Crippen LogP contribution in [0.2, 0.25) is 5.02 Å². The van der Waals surface area contributed by atoms with Gasteiger partial charge in [-0.1, -0.05) is 35.9 Å². The van der Waals surface area contributed by atoms with E-state index < -0.39 is 0 Å².